The smallest absolute Gasteiger partial charge is 0.262 e. The van der Waals surface area contributed by atoms with Crippen LogP contribution in [0.2, 0.25) is 0 Å². The monoisotopic (exact) mass is 331 g/mol. The Labute approximate surface area is 141 Å². The van der Waals surface area contributed by atoms with Crippen molar-refractivity contribution in [2.45, 2.75) is 39.8 Å². The molecule has 3 rings (SSSR count). The lowest BCUT2D eigenvalue weighted by molar-refractivity contribution is -0.935. The van der Waals surface area contributed by atoms with Gasteiger partial charge in [-0.25, -0.2) is 0 Å². The van der Waals surface area contributed by atoms with Gasteiger partial charge in [0, 0.05) is 0 Å². The van der Waals surface area contributed by atoms with Gasteiger partial charge in [-0.2, -0.15) is 0 Å². The first-order valence-corrected chi connectivity index (χ1v) is 8.45. The highest BCUT2D eigenvalue weighted by atomic mass is 32.1. The molecule has 0 saturated carbocycles. The lowest BCUT2D eigenvalue weighted by Gasteiger charge is -2.32. The molecule has 1 aromatic carbocycles. The Kier molecular flexibility index (Phi) is 4.37. The minimum absolute atomic E-state index is 0.0816. The van der Waals surface area contributed by atoms with Crippen LogP contribution >= 0.6 is 12.2 Å². The van der Waals surface area contributed by atoms with Crippen molar-refractivity contribution in [1.29, 1.82) is 0 Å². The normalized spacial score (nSPS) is 18.1. The van der Waals surface area contributed by atoms with Gasteiger partial charge in [-0.05, 0) is 50.2 Å². The minimum Gasteiger partial charge on any atom is -0.324 e. The number of nitrogens with zero attached hydrogens (tertiary/aromatic N) is 1. The molecular weight excluding hydrogens is 308 g/mol. The largest absolute Gasteiger partial charge is 0.324 e. The standard InChI is InChI=1S/C17H22N4OS/c1-4-12(3)20-9-14-15(18-10-20)21(17(23)19-16(14)22)13-7-5-6-11(2)8-13/h5-8,12,18H,4,9-10H2,1-3H3,(H,19,22,23)/p+1/t12-/m1/s1. The van der Waals surface area contributed by atoms with Crippen molar-refractivity contribution >= 4 is 18.0 Å². The number of fused-ring (bicyclic) bond motifs is 1. The third-order valence-corrected chi connectivity index (χ3v) is 4.95. The lowest BCUT2D eigenvalue weighted by Crippen LogP contribution is -3.16. The van der Waals surface area contributed by atoms with Gasteiger partial charge in [-0.1, -0.05) is 19.1 Å². The number of aryl methyl sites for hydroxylation is 1. The second-order valence-electron chi connectivity index (χ2n) is 6.26. The molecular formula is C17H23N4OS+. The Morgan fingerprint density at radius 2 is 2.22 bits per heavy atom. The van der Waals surface area contributed by atoms with Crippen LogP contribution in [0.4, 0.5) is 5.82 Å². The quantitative estimate of drug-likeness (QED) is 0.752. The van der Waals surface area contributed by atoms with Gasteiger partial charge < -0.3 is 10.2 Å². The van der Waals surface area contributed by atoms with E-state index >= 15 is 0 Å². The van der Waals surface area contributed by atoms with Gasteiger partial charge in [0.25, 0.3) is 5.56 Å². The lowest BCUT2D eigenvalue weighted by atomic mass is 10.1. The second kappa shape index (κ2) is 6.29. The number of rotatable bonds is 3. The molecule has 5 nitrogen and oxygen atoms in total. The molecule has 0 aliphatic carbocycles. The molecule has 23 heavy (non-hydrogen) atoms. The summed E-state index contributed by atoms with van der Waals surface area (Å²) in [5.41, 5.74) is 2.83. The number of H-pyrrole nitrogens is 1. The number of quaternary nitrogens is 1. The van der Waals surface area contributed by atoms with E-state index in [4.69, 9.17) is 12.2 Å². The highest BCUT2D eigenvalue weighted by Crippen LogP contribution is 2.20. The summed E-state index contributed by atoms with van der Waals surface area (Å²) in [6, 6.07) is 8.64. The van der Waals surface area contributed by atoms with Crippen LogP contribution in [0.25, 0.3) is 5.69 Å². The highest BCUT2D eigenvalue weighted by molar-refractivity contribution is 7.71. The van der Waals surface area contributed by atoms with Crippen molar-refractivity contribution < 1.29 is 4.90 Å². The molecule has 6 heteroatoms. The molecule has 0 fully saturated rings. The van der Waals surface area contributed by atoms with Crippen molar-refractivity contribution in [3.63, 3.8) is 0 Å². The zero-order chi connectivity index (χ0) is 16.6. The fourth-order valence-electron chi connectivity index (χ4n) is 3.06. The molecule has 0 saturated heterocycles. The van der Waals surface area contributed by atoms with Crippen molar-refractivity contribution in [1.82, 2.24) is 9.55 Å². The van der Waals surface area contributed by atoms with Gasteiger partial charge in [0.1, 0.15) is 17.9 Å². The van der Waals surface area contributed by atoms with E-state index in [9.17, 15) is 4.79 Å². The molecule has 3 N–H and O–H groups in total. The average Bonchev–Trinajstić information content (AvgIpc) is 2.54. The molecule has 122 valence electrons. The molecule has 0 amide bonds. The first kappa shape index (κ1) is 16.0. The SMILES string of the molecule is CC[C@@H](C)[NH+]1CNc2c(c(=O)[nH]c(=S)n2-c2cccc(C)c2)C1. The van der Waals surface area contributed by atoms with Gasteiger partial charge in [0.15, 0.2) is 11.4 Å². The average molecular weight is 331 g/mol. The fourth-order valence-corrected chi connectivity index (χ4v) is 3.35. The van der Waals surface area contributed by atoms with E-state index in [1.807, 2.05) is 29.7 Å². The second-order valence-corrected chi connectivity index (χ2v) is 6.65. The summed E-state index contributed by atoms with van der Waals surface area (Å²) in [7, 11) is 0. The highest BCUT2D eigenvalue weighted by Gasteiger charge is 2.27. The molecule has 2 atom stereocenters. The van der Waals surface area contributed by atoms with Gasteiger partial charge >= 0.3 is 0 Å². The Bertz CT molecular complexity index is 839. The number of aromatic amines is 1. The van der Waals surface area contributed by atoms with Crippen molar-refractivity contribution in [3.8, 4) is 5.69 Å². The maximum Gasteiger partial charge on any atom is 0.262 e. The molecule has 0 spiro atoms. The molecule has 0 bridgehead atoms. The summed E-state index contributed by atoms with van der Waals surface area (Å²) in [5, 5.41) is 3.44. The molecule has 1 aliphatic rings. The summed E-state index contributed by atoms with van der Waals surface area (Å²) in [4.78, 5) is 16.6. The fraction of sp³-hybridized carbons (Fsp3) is 0.412. The Morgan fingerprint density at radius 3 is 2.91 bits per heavy atom. The summed E-state index contributed by atoms with van der Waals surface area (Å²) in [5.74, 6) is 0.830. The first-order chi connectivity index (χ1) is 11.0. The summed E-state index contributed by atoms with van der Waals surface area (Å²) in [6.07, 6.45) is 1.08. The number of benzene rings is 1. The van der Waals surface area contributed by atoms with E-state index < -0.39 is 0 Å². The van der Waals surface area contributed by atoms with Crippen molar-refractivity contribution in [2.75, 3.05) is 12.0 Å². The molecule has 1 unspecified atom stereocenters. The minimum atomic E-state index is -0.0816. The van der Waals surface area contributed by atoms with Crippen LogP contribution in [0.15, 0.2) is 29.1 Å². The third kappa shape index (κ3) is 2.96. The maximum atomic E-state index is 12.4. The molecule has 0 radical (unpaired) electrons. The van der Waals surface area contributed by atoms with Crippen LogP contribution in [0.5, 0.6) is 0 Å². The number of hydrogen-bond acceptors (Lipinski definition) is 3. The predicted molar refractivity (Wildman–Crippen MR) is 94.9 cm³/mol. The van der Waals surface area contributed by atoms with Gasteiger partial charge in [-0.15, -0.1) is 0 Å². The zero-order valence-corrected chi connectivity index (χ0v) is 14.6. The van der Waals surface area contributed by atoms with Crippen LogP contribution in [-0.4, -0.2) is 22.3 Å². The summed E-state index contributed by atoms with van der Waals surface area (Å²) in [6.45, 7) is 7.95. The van der Waals surface area contributed by atoms with E-state index in [0.717, 1.165) is 35.7 Å². The summed E-state index contributed by atoms with van der Waals surface area (Å²) < 4.78 is 2.37. The van der Waals surface area contributed by atoms with Crippen molar-refractivity contribution in [2.24, 2.45) is 0 Å². The molecule has 1 aliphatic heterocycles. The Morgan fingerprint density at radius 1 is 1.43 bits per heavy atom. The Hall–Kier alpha value is -1.92. The van der Waals surface area contributed by atoms with E-state index in [-0.39, 0.29) is 5.56 Å². The number of hydrogen-bond donors (Lipinski definition) is 3. The predicted octanol–water partition coefficient (Wildman–Crippen LogP) is 1.77. The number of anilines is 1. The zero-order valence-electron chi connectivity index (χ0n) is 13.8. The molecule has 2 heterocycles. The van der Waals surface area contributed by atoms with E-state index in [0.29, 0.717) is 17.4 Å². The van der Waals surface area contributed by atoms with Crippen LogP contribution in [0.3, 0.4) is 0 Å². The van der Waals surface area contributed by atoms with Crippen LogP contribution in [0, 0.1) is 11.7 Å². The van der Waals surface area contributed by atoms with Crippen LogP contribution < -0.4 is 15.8 Å². The van der Waals surface area contributed by atoms with Gasteiger partial charge in [0.2, 0.25) is 0 Å². The maximum absolute atomic E-state index is 12.4. The number of aromatic nitrogens is 2. The van der Waals surface area contributed by atoms with Gasteiger partial charge in [-0.3, -0.25) is 14.3 Å². The van der Waals surface area contributed by atoms with Crippen LogP contribution in [0.1, 0.15) is 31.4 Å². The Balaban J connectivity index is 2.14. The van der Waals surface area contributed by atoms with E-state index in [1.54, 1.807) is 0 Å². The summed E-state index contributed by atoms with van der Waals surface area (Å²) >= 11 is 5.41. The van der Waals surface area contributed by atoms with E-state index in [1.165, 1.54) is 4.90 Å². The number of nitrogens with one attached hydrogen (secondary N) is 3. The van der Waals surface area contributed by atoms with Gasteiger partial charge in [0.05, 0.1) is 11.7 Å². The first-order valence-electron chi connectivity index (χ1n) is 8.05. The van der Waals surface area contributed by atoms with Crippen LogP contribution in [-0.2, 0) is 6.54 Å². The van der Waals surface area contributed by atoms with E-state index in [2.05, 4.69) is 30.2 Å². The molecule has 2 aromatic rings. The van der Waals surface area contributed by atoms with Crippen molar-refractivity contribution in [3.05, 3.63) is 50.5 Å². The topological polar surface area (TPSA) is 54.3 Å². The molecule has 1 aromatic heterocycles. The third-order valence-electron chi connectivity index (χ3n) is 4.66.